The zero-order valence-electron chi connectivity index (χ0n) is 6.95. The van der Waals surface area contributed by atoms with Crippen LogP contribution in [0.1, 0.15) is 18.4 Å². The van der Waals surface area contributed by atoms with E-state index in [0.717, 1.165) is 5.56 Å². The molecule has 3 nitrogen and oxygen atoms in total. The largest absolute Gasteiger partial charge is 0.398 e. The van der Waals surface area contributed by atoms with Gasteiger partial charge in [-0.15, -0.1) is 0 Å². The van der Waals surface area contributed by atoms with Crippen molar-refractivity contribution in [2.24, 2.45) is 5.73 Å². The lowest BCUT2D eigenvalue weighted by Gasteiger charge is -2.09. The lowest BCUT2D eigenvalue weighted by molar-refractivity contribution is -0.119. The summed E-state index contributed by atoms with van der Waals surface area (Å²) in [4.78, 5) is 10.8. The normalized spacial score (nSPS) is 12.4. The second-order valence-corrected chi connectivity index (χ2v) is 2.75. The maximum atomic E-state index is 10.8. The highest BCUT2D eigenvalue weighted by Gasteiger charge is 2.13. The number of carbonyl (C=O) groups is 1. The molecular weight excluding hydrogens is 152 g/mol. The molecule has 0 saturated carbocycles. The summed E-state index contributed by atoms with van der Waals surface area (Å²) in [6.45, 7) is 1.74. The third kappa shape index (κ3) is 1.56. The fraction of sp³-hybridized carbons (Fsp3) is 0.222. The van der Waals surface area contributed by atoms with Gasteiger partial charge in [-0.3, -0.25) is 4.79 Å². The summed E-state index contributed by atoms with van der Waals surface area (Å²) >= 11 is 0. The van der Waals surface area contributed by atoms with E-state index in [1.807, 2.05) is 18.2 Å². The molecule has 0 aromatic heterocycles. The number of anilines is 1. The van der Waals surface area contributed by atoms with E-state index in [-0.39, 0.29) is 11.8 Å². The molecule has 0 aliphatic rings. The predicted octanol–water partition coefficient (Wildman–Crippen LogP) is 0.858. The first-order valence-electron chi connectivity index (χ1n) is 3.76. The maximum absolute atomic E-state index is 10.8. The van der Waals surface area contributed by atoms with E-state index in [4.69, 9.17) is 11.5 Å². The molecule has 0 radical (unpaired) electrons. The minimum Gasteiger partial charge on any atom is -0.398 e. The van der Waals surface area contributed by atoms with Crippen LogP contribution in [0.4, 0.5) is 5.69 Å². The number of para-hydroxylation sites is 1. The van der Waals surface area contributed by atoms with E-state index >= 15 is 0 Å². The summed E-state index contributed by atoms with van der Waals surface area (Å²) in [5.74, 6) is -0.668. The number of amides is 1. The predicted molar refractivity (Wildman–Crippen MR) is 48.5 cm³/mol. The molecule has 4 N–H and O–H groups in total. The average molecular weight is 164 g/mol. The number of primary amides is 1. The van der Waals surface area contributed by atoms with Gasteiger partial charge in [0.2, 0.25) is 5.91 Å². The Labute approximate surface area is 71.4 Å². The quantitative estimate of drug-likeness (QED) is 0.636. The van der Waals surface area contributed by atoms with Gasteiger partial charge in [0.05, 0.1) is 5.92 Å². The number of nitrogen functional groups attached to an aromatic ring is 1. The fourth-order valence-electron chi connectivity index (χ4n) is 1.06. The van der Waals surface area contributed by atoms with Gasteiger partial charge in [-0.05, 0) is 18.6 Å². The highest BCUT2D eigenvalue weighted by molar-refractivity contribution is 5.83. The van der Waals surface area contributed by atoms with Crippen LogP contribution in [-0.4, -0.2) is 5.91 Å². The summed E-state index contributed by atoms with van der Waals surface area (Å²) in [5, 5.41) is 0. The zero-order valence-corrected chi connectivity index (χ0v) is 6.95. The van der Waals surface area contributed by atoms with Crippen LogP contribution in [-0.2, 0) is 4.79 Å². The molecule has 1 rings (SSSR count). The molecule has 0 aliphatic carbocycles. The second-order valence-electron chi connectivity index (χ2n) is 2.75. The number of hydrogen-bond acceptors (Lipinski definition) is 2. The molecule has 1 unspecified atom stereocenters. The van der Waals surface area contributed by atoms with Crippen LogP contribution in [0.5, 0.6) is 0 Å². The van der Waals surface area contributed by atoms with Crippen molar-refractivity contribution in [1.82, 2.24) is 0 Å². The zero-order chi connectivity index (χ0) is 9.14. The Morgan fingerprint density at radius 3 is 2.50 bits per heavy atom. The smallest absolute Gasteiger partial charge is 0.224 e. The van der Waals surface area contributed by atoms with E-state index in [2.05, 4.69) is 0 Å². The summed E-state index contributed by atoms with van der Waals surface area (Å²) in [7, 11) is 0. The van der Waals surface area contributed by atoms with E-state index in [0.29, 0.717) is 5.69 Å². The van der Waals surface area contributed by atoms with Crippen molar-refractivity contribution in [3.8, 4) is 0 Å². The molecule has 12 heavy (non-hydrogen) atoms. The van der Waals surface area contributed by atoms with Gasteiger partial charge in [0.1, 0.15) is 0 Å². The van der Waals surface area contributed by atoms with Crippen molar-refractivity contribution in [3.05, 3.63) is 29.8 Å². The first-order valence-corrected chi connectivity index (χ1v) is 3.76. The van der Waals surface area contributed by atoms with E-state index in [1.54, 1.807) is 13.0 Å². The van der Waals surface area contributed by atoms with Crippen molar-refractivity contribution >= 4 is 11.6 Å². The molecule has 1 aromatic carbocycles. The number of rotatable bonds is 2. The molecular formula is C9H12N2O. The topological polar surface area (TPSA) is 69.1 Å². The number of hydrogen-bond donors (Lipinski definition) is 2. The lowest BCUT2D eigenvalue weighted by Crippen LogP contribution is -2.19. The lowest BCUT2D eigenvalue weighted by atomic mass is 9.99. The Bertz CT molecular complexity index is 296. The Morgan fingerprint density at radius 1 is 1.42 bits per heavy atom. The van der Waals surface area contributed by atoms with Gasteiger partial charge >= 0.3 is 0 Å². The molecule has 0 heterocycles. The Morgan fingerprint density at radius 2 is 2.00 bits per heavy atom. The van der Waals surface area contributed by atoms with Gasteiger partial charge in [0, 0.05) is 5.69 Å². The van der Waals surface area contributed by atoms with Crippen LogP contribution in [0.15, 0.2) is 24.3 Å². The molecule has 64 valence electrons. The van der Waals surface area contributed by atoms with Gasteiger partial charge in [0.15, 0.2) is 0 Å². The molecule has 0 aliphatic heterocycles. The molecule has 1 atom stereocenters. The summed E-state index contributed by atoms with van der Waals surface area (Å²) < 4.78 is 0. The Kier molecular flexibility index (Phi) is 2.33. The van der Waals surface area contributed by atoms with Gasteiger partial charge in [-0.2, -0.15) is 0 Å². The highest BCUT2D eigenvalue weighted by Crippen LogP contribution is 2.20. The first-order chi connectivity index (χ1) is 5.63. The van der Waals surface area contributed by atoms with Crippen molar-refractivity contribution in [2.75, 3.05) is 5.73 Å². The van der Waals surface area contributed by atoms with Crippen molar-refractivity contribution in [3.63, 3.8) is 0 Å². The van der Waals surface area contributed by atoms with Crippen molar-refractivity contribution < 1.29 is 4.79 Å². The van der Waals surface area contributed by atoms with E-state index in [9.17, 15) is 4.79 Å². The molecule has 0 fully saturated rings. The molecule has 1 aromatic rings. The summed E-state index contributed by atoms with van der Waals surface area (Å²) in [6.07, 6.45) is 0. The van der Waals surface area contributed by atoms with Crippen LogP contribution in [0.2, 0.25) is 0 Å². The van der Waals surface area contributed by atoms with Gasteiger partial charge < -0.3 is 11.5 Å². The summed E-state index contributed by atoms with van der Waals surface area (Å²) in [5.41, 5.74) is 12.2. The van der Waals surface area contributed by atoms with Gasteiger partial charge in [-0.1, -0.05) is 18.2 Å². The second kappa shape index (κ2) is 3.26. The molecule has 0 spiro atoms. The van der Waals surface area contributed by atoms with E-state index in [1.165, 1.54) is 0 Å². The van der Waals surface area contributed by atoms with Crippen LogP contribution >= 0.6 is 0 Å². The summed E-state index contributed by atoms with van der Waals surface area (Å²) in [6, 6.07) is 7.23. The minimum absolute atomic E-state index is 0.314. The third-order valence-corrected chi connectivity index (χ3v) is 1.89. The van der Waals surface area contributed by atoms with Crippen molar-refractivity contribution in [1.29, 1.82) is 0 Å². The van der Waals surface area contributed by atoms with Crippen molar-refractivity contribution in [2.45, 2.75) is 12.8 Å². The molecule has 0 saturated heterocycles. The highest BCUT2D eigenvalue weighted by atomic mass is 16.1. The van der Waals surface area contributed by atoms with Crippen LogP contribution in [0.25, 0.3) is 0 Å². The molecule has 1 amide bonds. The monoisotopic (exact) mass is 164 g/mol. The fourth-order valence-corrected chi connectivity index (χ4v) is 1.06. The average Bonchev–Trinajstić information content (AvgIpc) is 2.04. The van der Waals surface area contributed by atoms with Crippen LogP contribution in [0.3, 0.4) is 0 Å². The molecule has 0 bridgehead atoms. The minimum atomic E-state index is -0.354. The Hall–Kier alpha value is -1.51. The van der Waals surface area contributed by atoms with Gasteiger partial charge in [0.25, 0.3) is 0 Å². The first kappa shape index (κ1) is 8.59. The van der Waals surface area contributed by atoms with Gasteiger partial charge in [-0.25, -0.2) is 0 Å². The SMILES string of the molecule is CC(C(N)=O)c1ccccc1N. The number of carbonyl (C=O) groups excluding carboxylic acids is 1. The molecule has 3 heteroatoms. The van der Waals surface area contributed by atoms with Crippen LogP contribution in [0, 0.1) is 0 Å². The maximum Gasteiger partial charge on any atom is 0.224 e. The number of nitrogens with two attached hydrogens (primary N) is 2. The van der Waals surface area contributed by atoms with E-state index < -0.39 is 0 Å². The standard InChI is InChI=1S/C9H12N2O/c1-6(9(11)12)7-4-2-3-5-8(7)10/h2-6H,10H2,1H3,(H2,11,12). The Balaban J connectivity index is 3.02. The number of benzene rings is 1. The van der Waals surface area contributed by atoms with Crippen LogP contribution < -0.4 is 11.5 Å². The third-order valence-electron chi connectivity index (χ3n) is 1.89.